The lowest BCUT2D eigenvalue weighted by atomic mass is 10.0. The van der Waals surface area contributed by atoms with Crippen LogP contribution in [-0.2, 0) is 16.6 Å². The molecule has 0 saturated heterocycles. The van der Waals surface area contributed by atoms with Crippen molar-refractivity contribution in [2.75, 3.05) is 0 Å². The summed E-state index contributed by atoms with van der Waals surface area (Å²) in [6.07, 6.45) is 3.43. The average molecular weight is 293 g/mol. The van der Waals surface area contributed by atoms with Gasteiger partial charge >= 0.3 is 5.97 Å². The Labute approximate surface area is 124 Å². The first-order valence-electron chi connectivity index (χ1n) is 6.94. The number of amides is 1. The number of hydrogen-bond donors (Lipinski definition) is 2. The molecule has 1 rings (SSSR count). The molecule has 1 heterocycles. The first-order chi connectivity index (χ1) is 9.72. The lowest BCUT2D eigenvalue weighted by Crippen LogP contribution is -2.40. The van der Waals surface area contributed by atoms with E-state index in [0.717, 1.165) is 17.0 Å². The molecule has 0 unspecified atom stereocenters. The Morgan fingerprint density at radius 3 is 2.43 bits per heavy atom. The summed E-state index contributed by atoms with van der Waals surface area (Å²) >= 11 is 0. The summed E-state index contributed by atoms with van der Waals surface area (Å²) in [5, 5.41) is 15.9. The highest BCUT2D eigenvalue weighted by molar-refractivity contribution is 5.94. The summed E-state index contributed by atoms with van der Waals surface area (Å²) in [6.45, 7) is 7.61. The molecule has 6 nitrogen and oxygen atoms in total. The molecule has 1 atom stereocenters. The van der Waals surface area contributed by atoms with Crippen LogP contribution in [0.5, 0.6) is 0 Å². The minimum atomic E-state index is -1.01. The van der Waals surface area contributed by atoms with Crippen LogP contribution in [0.25, 0.3) is 6.08 Å². The highest BCUT2D eigenvalue weighted by Gasteiger charge is 2.20. The maximum absolute atomic E-state index is 11.9. The van der Waals surface area contributed by atoms with Gasteiger partial charge in [0.25, 0.3) is 0 Å². The molecule has 1 aromatic rings. The Balaban J connectivity index is 2.76. The van der Waals surface area contributed by atoms with E-state index in [2.05, 4.69) is 10.4 Å². The molecule has 0 saturated carbocycles. The normalized spacial score (nSPS) is 12.9. The SMILES string of the molecule is Cc1nn(C)c(C)c1C=CC(=O)N[C@H](CC(C)C)C(=O)O. The number of carbonyl (C=O) groups is 2. The summed E-state index contributed by atoms with van der Waals surface area (Å²) in [5.74, 6) is -1.23. The predicted molar refractivity (Wildman–Crippen MR) is 80.7 cm³/mol. The van der Waals surface area contributed by atoms with E-state index in [-0.39, 0.29) is 5.92 Å². The number of aryl methyl sites for hydroxylation is 2. The summed E-state index contributed by atoms with van der Waals surface area (Å²) in [7, 11) is 1.84. The van der Waals surface area contributed by atoms with Crippen LogP contribution in [0.15, 0.2) is 6.08 Å². The van der Waals surface area contributed by atoms with Gasteiger partial charge in [-0.25, -0.2) is 4.79 Å². The van der Waals surface area contributed by atoms with Crippen molar-refractivity contribution in [2.45, 2.75) is 40.2 Å². The quantitative estimate of drug-likeness (QED) is 0.781. The molecule has 0 aliphatic heterocycles. The fraction of sp³-hybridized carbons (Fsp3) is 0.533. The monoisotopic (exact) mass is 293 g/mol. The van der Waals surface area contributed by atoms with Crippen molar-refractivity contribution in [3.8, 4) is 0 Å². The average Bonchev–Trinajstić information content (AvgIpc) is 2.60. The number of carboxylic acid groups (broad SMARTS) is 1. The van der Waals surface area contributed by atoms with Crippen LogP contribution in [0.3, 0.4) is 0 Å². The van der Waals surface area contributed by atoms with Crippen LogP contribution in [0, 0.1) is 19.8 Å². The van der Waals surface area contributed by atoms with Crippen LogP contribution in [0.2, 0.25) is 0 Å². The van der Waals surface area contributed by atoms with Gasteiger partial charge in [0.1, 0.15) is 6.04 Å². The topological polar surface area (TPSA) is 84.2 Å². The van der Waals surface area contributed by atoms with E-state index in [1.165, 1.54) is 6.08 Å². The van der Waals surface area contributed by atoms with E-state index in [9.17, 15) is 9.59 Å². The molecular weight excluding hydrogens is 270 g/mol. The van der Waals surface area contributed by atoms with E-state index in [4.69, 9.17) is 5.11 Å². The van der Waals surface area contributed by atoms with E-state index in [0.29, 0.717) is 6.42 Å². The third kappa shape index (κ3) is 4.73. The van der Waals surface area contributed by atoms with Crippen LogP contribution in [0.1, 0.15) is 37.2 Å². The minimum Gasteiger partial charge on any atom is -0.480 e. The molecule has 2 N–H and O–H groups in total. The number of aromatic nitrogens is 2. The second-order valence-electron chi connectivity index (χ2n) is 5.57. The zero-order valence-corrected chi connectivity index (χ0v) is 13.2. The van der Waals surface area contributed by atoms with Crippen molar-refractivity contribution in [3.05, 3.63) is 23.0 Å². The number of hydrogen-bond acceptors (Lipinski definition) is 3. The van der Waals surface area contributed by atoms with Gasteiger partial charge in [-0.05, 0) is 32.3 Å². The molecule has 1 aromatic heterocycles. The van der Waals surface area contributed by atoms with Gasteiger partial charge in [0.2, 0.25) is 5.91 Å². The molecule has 0 aliphatic rings. The van der Waals surface area contributed by atoms with E-state index >= 15 is 0 Å². The van der Waals surface area contributed by atoms with Gasteiger partial charge in [0.15, 0.2) is 0 Å². The number of nitrogens with zero attached hydrogens (tertiary/aromatic N) is 2. The molecule has 0 bridgehead atoms. The van der Waals surface area contributed by atoms with Gasteiger partial charge < -0.3 is 10.4 Å². The van der Waals surface area contributed by atoms with Crippen molar-refractivity contribution < 1.29 is 14.7 Å². The minimum absolute atomic E-state index is 0.193. The molecule has 1 amide bonds. The highest BCUT2D eigenvalue weighted by atomic mass is 16.4. The fourth-order valence-electron chi connectivity index (χ4n) is 2.10. The summed E-state index contributed by atoms with van der Waals surface area (Å²) in [6, 6.07) is -0.863. The van der Waals surface area contributed by atoms with E-state index in [1.54, 1.807) is 10.8 Å². The van der Waals surface area contributed by atoms with E-state index < -0.39 is 17.9 Å². The van der Waals surface area contributed by atoms with Crippen LogP contribution < -0.4 is 5.32 Å². The summed E-state index contributed by atoms with van der Waals surface area (Å²) < 4.78 is 1.74. The van der Waals surface area contributed by atoms with Crippen LogP contribution in [-0.4, -0.2) is 32.8 Å². The summed E-state index contributed by atoms with van der Waals surface area (Å²) in [5.41, 5.74) is 2.66. The Morgan fingerprint density at radius 1 is 1.38 bits per heavy atom. The predicted octanol–water partition coefficient (Wildman–Crippen LogP) is 1.67. The van der Waals surface area contributed by atoms with Crippen molar-refractivity contribution in [2.24, 2.45) is 13.0 Å². The molecule has 116 valence electrons. The third-order valence-corrected chi connectivity index (χ3v) is 3.29. The van der Waals surface area contributed by atoms with Crippen molar-refractivity contribution in [3.63, 3.8) is 0 Å². The third-order valence-electron chi connectivity index (χ3n) is 3.29. The molecule has 0 spiro atoms. The second kappa shape index (κ2) is 7.06. The van der Waals surface area contributed by atoms with Crippen molar-refractivity contribution in [1.82, 2.24) is 15.1 Å². The van der Waals surface area contributed by atoms with Gasteiger partial charge in [-0.15, -0.1) is 0 Å². The van der Waals surface area contributed by atoms with E-state index in [1.807, 2.05) is 34.7 Å². The lowest BCUT2D eigenvalue weighted by Gasteiger charge is -2.15. The lowest BCUT2D eigenvalue weighted by molar-refractivity contribution is -0.141. The molecule has 21 heavy (non-hydrogen) atoms. The van der Waals surface area contributed by atoms with Crippen LogP contribution >= 0.6 is 0 Å². The molecule has 0 fully saturated rings. The Hall–Kier alpha value is -2.11. The fourth-order valence-corrected chi connectivity index (χ4v) is 2.10. The van der Waals surface area contributed by atoms with Gasteiger partial charge in [-0.2, -0.15) is 5.10 Å². The zero-order valence-electron chi connectivity index (χ0n) is 13.2. The smallest absolute Gasteiger partial charge is 0.326 e. The first kappa shape index (κ1) is 16.9. The molecule has 6 heteroatoms. The van der Waals surface area contributed by atoms with Crippen molar-refractivity contribution >= 4 is 18.0 Å². The first-order valence-corrected chi connectivity index (χ1v) is 6.94. The Bertz CT molecular complexity index is 559. The van der Waals surface area contributed by atoms with Gasteiger partial charge in [-0.1, -0.05) is 13.8 Å². The number of carboxylic acids is 1. The standard InChI is InChI=1S/C15H23N3O3/c1-9(2)8-13(15(20)21)16-14(19)7-6-12-10(3)17-18(5)11(12)4/h6-7,9,13H,8H2,1-5H3,(H,16,19)(H,20,21)/t13-/m1/s1. The zero-order chi connectivity index (χ0) is 16.2. The van der Waals surface area contributed by atoms with Crippen molar-refractivity contribution in [1.29, 1.82) is 0 Å². The molecule has 0 aliphatic carbocycles. The number of carbonyl (C=O) groups excluding carboxylic acids is 1. The number of aliphatic carboxylic acids is 1. The number of rotatable bonds is 6. The van der Waals surface area contributed by atoms with Gasteiger partial charge in [0, 0.05) is 24.4 Å². The van der Waals surface area contributed by atoms with Crippen LogP contribution in [0.4, 0.5) is 0 Å². The maximum Gasteiger partial charge on any atom is 0.326 e. The maximum atomic E-state index is 11.9. The molecule has 0 aromatic carbocycles. The van der Waals surface area contributed by atoms with Gasteiger partial charge in [-0.3, -0.25) is 9.48 Å². The Kier molecular flexibility index (Phi) is 5.69. The largest absolute Gasteiger partial charge is 0.480 e. The number of nitrogens with one attached hydrogen (secondary N) is 1. The molecule has 0 radical (unpaired) electrons. The summed E-state index contributed by atoms with van der Waals surface area (Å²) in [4.78, 5) is 23.0. The Morgan fingerprint density at radius 2 is 2.00 bits per heavy atom. The second-order valence-corrected chi connectivity index (χ2v) is 5.57. The van der Waals surface area contributed by atoms with Gasteiger partial charge in [0.05, 0.1) is 5.69 Å². The molecular formula is C15H23N3O3. The highest BCUT2D eigenvalue weighted by Crippen LogP contribution is 2.13.